The lowest BCUT2D eigenvalue weighted by Crippen LogP contribution is -2.34. The number of carbonyl (C=O) groups excluding carboxylic acids is 5. The maximum Gasteiger partial charge on any atom is 0.341 e. The fourth-order valence-corrected chi connectivity index (χ4v) is 8.38. The number of methoxy groups -OCH3 is 1. The summed E-state index contributed by atoms with van der Waals surface area (Å²) in [5.41, 5.74) is 4.86. The normalized spacial score (nSPS) is 12.9. The van der Waals surface area contributed by atoms with E-state index in [0.29, 0.717) is 47.7 Å². The molecule has 0 fully saturated rings. The van der Waals surface area contributed by atoms with Crippen LogP contribution in [0.3, 0.4) is 0 Å². The van der Waals surface area contributed by atoms with Crippen molar-refractivity contribution in [1.29, 1.82) is 0 Å². The highest BCUT2D eigenvalue weighted by atomic mass is 32.2. The van der Waals surface area contributed by atoms with Crippen LogP contribution in [0.1, 0.15) is 57.0 Å². The molecule has 12 heteroatoms. The van der Waals surface area contributed by atoms with Crippen molar-refractivity contribution >= 4 is 69.5 Å². The Morgan fingerprint density at radius 1 is 0.873 bits per heavy atom. The van der Waals surface area contributed by atoms with Gasteiger partial charge in [0.25, 0.3) is 11.8 Å². The number of nitrogens with zero attached hydrogens (tertiary/aromatic N) is 1. The molecule has 280 valence electrons. The molecule has 0 radical (unpaired) electrons. The molecule has 1 unspecified atom stereocenters. The Balaban J connectivity index is 1.18. The first-order valence-corrected chi connectivity index (χ1v) is 19.4. The molecule has 0 saturated heterocycles. The largest absolute Gasteiger partial charge is 0.465 e. The fourth-order valence-electron chi connectivity index (χ4n) is 6.11. The molecule has 6 rings (SSSR count). The highest BCUT2D eigenvalue weighted by Gasteiger charge is 2.31. The minimum absolute atomic E-state index is 0.0525. The molecular weight excluding hydrogens is 733 g/mol. The van der Waals surface area contributed by atoms with Gasteiger partial charge in [-0.15, -0.1) is 23.1 Å². The van der Waals surface area contributed by atoms with Crippen LogP contribution in [-0.2, 0) is 32.1 Å². The molecule has 1 aromatic heterocycles. The van der Waals surface area contributed by atoms with Crippen molar-refractivity contribution in [3.63, 3.8) is 0 Å². The second-order valence-corrected chi connectivity index (χ2v) is 15.1. The van der Waals surface area contributed by atoms with Gasteiger partial charge in [-0.05, 0) is 71.5 Å². The zero-order chi connectivity index (χ0) is 38.9. The molecule has 0 saturated carbocycles. The van der Waals surface area contributed by atoms with Crippen LogP contribution in [0, 0.1) is 0 Å². The maximum absolute atomic E-state index is 13.8. The molecule has 0 bridgehead atoms. The van der Waals surface area contributed by atoms with Gasteiger partial charge in [-0.25, -0.2) is 4.79 Å². The highest BCUT2D eigenvalue weighted by Crippen LogP contribution is 2.38. The van der Waals surface area contributed by atoms with Crippen molar-refractivity contribution in [3.8, 4) is 11.1 Å². The first-order chi connectivity index (χ1) is 26.6. The monoisotopic (exact) mass is 772 g/mol. The summed E-state index contributed by atoms with van der Waals surface area (Å²) < 4.78 is 5.07. The third-order valence-corrected chi connectivity index (χ3v) is 11.5. The number of hydrogen-bond acceptors (Lipinski definition) is 8. The van der Waals surface area contributed by atoms with E-state index in [1.165, 1.54) is 37.1 Å². The van der Waals surface area contributed by atoms with Gasteiger partial charge in [-0.2, -0.15) is 0 Å². The first kappa shape index (κ1) is 38.7. The Labute approximate surface area is 328 Å². The predicted octanol–water partition coefficient (Wildman–Crippen LogP) is 8.03. The van der Waals surface area contributed by atoms with Crippen molar-refractivity contribution in [2.24, 2.45) is 0 Å². The second-order valence-electron chi connectivity index (χ2n) is 12.7. The van der Waals surface area contributed by atoms with Gasteiger partial charge in [-0.3, -0.25) is 19.2 Å². The van der Waals surface area contributed by atoms with Crippen LogP contribution in [0.4, 0.5) is 10.7 Å². The van der Waals surface area contributed by atoms with E-state index in [1.807, 2.05) is 73.7 Å². The zero-order valence-electron chi connectivity index (χ0n) is 30.6. The van der Waals surface area contributed by atoms with E-state index in [-0.39, 0.29) is 17.5 Å². The number of amides is 4. The third-order valence-electron chi connectivity index (χ3n) is 9.02. The molecule has 1 aliphatic rings. The summed E-state index contributed by atoms with van der Waals surface area (Å²) in [6, 6.07) is 33.4. The summed E-state index contributed by atoms with van der Waals surface area (Å²) in [4.78, 5) is 68.9. The Bertz CT molecular complexity index is 2240. The van der Waals surface area contributed by atoms with E-state index in [9.17, 15) is 24.0 Å². The number of thioether (sulfide) groups is 1. The van der Waals surface area contributed by atoms with Gasteiger partial charge < -0.3 is 25.6 Å². The number of thiophene rings is 1. The molecule has 2 heterocycles. The summed E-state index contributed by atoms with van der Waals surface area (Å²) in [5.74, 6) is -1.83. The minimum atomic E-state index is -0.538. The smallest absolute Gasteiger partial charge is 0.341 e. The molecule has 0 aliphatic carbocycles. The van der Waals surface area contributed by atoms with Crippen LogP contribution >= 0.6 is 23.1 Å². The second kappa shape index (κ2) is 17.9. The Kier molecular flexibility index (Phi) is 12.6. The lowest BCUT2D eigenvalue weighted by atomic mass is 10.0. The number of esters is 1. The van der Waals surface area contributed by atoms with Gasteiger partial charge in [-0.1, -0.05) is 85.8 Å². The lowest BCUT2D eigenvalue weighted by Gasteiger charge is -2.25. The molecule has 1 atom stereocenters. The number of benzene rings is 4. The number of carbonyl (C=O) groups is 5. The number of nitrogens with one attached hydrogen (secondary N) is 3. The number of anilines is 2. The van der Waals surface area contributed by atoms with Gasteiger partial charge in [0.1, 0.15) is 10.7 Å². The van der Waals surface area contributed by atoms with E-state index in [4.69, 9.17) is 4.74 Å². The van der Waals surface area contributed by atoms with Gasteiger partial charge in [0, 0.05) is 34.5 Å². The van der Waals surface area contributed by atoms with E-state index in [2.05, 4.69) is 16.0 Å². The molecule has 5 aromatic rings. The zero-order valence-corrected chi connectivity index (χ0v) is 32.2. The summed E-state index contributed by atoms with van der Waals surface area (Å²) in [7, 11) is 1.30. The Hall–Kier alpha value is -5.98. The molecule has 4 amide bonds. The first-order valence-electron chi connectivity index (χ1n) is 17.7. The molecule has 4 aromatic carbocycles. The summed E-state index contributed by atoms with van der Waals surface area (Å²) in [6.45, 7) is 4.26. The maximum atomic E-state index is 13.8. The molecule has 0 spiro atoms. The van der Waals surface area contributed by atoms with Crippen LogP contribution in [0.25, 0.3) is 17.2 Å². The Morgan fingerprint density at radius 3 is 2.24 bits per heavy atom. The van der Waals surface area contributed by atoms with E-state index < -0.39 is 23.0 Å². The van der Waals surface area contributed by atoms with Crippen molar-refractivity contribution in [1.82, 2.24) is 10.2 Å². The van der Waals surface area contributed by atoms with Crippen molar-refractivity contribution < 1.29 is 28.7 Å². The molecule has 1 aliphatic heterocycles. The van der Waals surface area contributed by atoms with Crippen LogP contribution < -0.4 is 16.0 Å². The number of ether oxygens (including phenoxy) is 1. The fraction of sp³-hybridized carbons (Fsp3) is 0.186. The SMILES string of the molecule is CCC(Sc1cccc(NC(=O)/C(=C\c2ccc(-c3ccccc3)cc2)NC(=O)c2ccccc2)c1)C(=O)Nc1sc2c(c1C(=O)OC)CCN(C(C)=O)C2. The number of fused-ring (bicyclic) bond motifs is 1. The average molecular weight is 773 g/mol. The van der Waals surface area contributed by atoms with Crippen LogP contribution in [0.2, 0.25) is 0 Å². The van der Waals surface area contributed by atoms with Gasteiger partial charge in [0.05, 0.1) is 24.5 Å². The summed E-state index contributed by atoms with van der Waals surface area (Å²) >= 11 is 2.61. The Morgan fingerprint density at radius 2 is 1.56 bits per heavy atom. The van der Waals surface area contributed by atoms with Crippen molar-refractivity contribution in [2.75, 3.05) is 24.3 Å². The van der Waals surface area contributed by atoms with Gasteiger partial charge in [0.2, 0.25) is 11.8 Å². The topological polar surface area (TPSA) is 134 Å². The summed E-state index contributed by atoms with van der Waals surface area (Å²) in [6.07, 6.45) is 2.60. The van der Waals surface area contributed by atoms with Crippen LogP contribution in [0.5, 0.6) is 0 Å². The van der Waals surface area contributed by atoms with Gasteiger partial charge >= 0.3 is 5.97 Å². The number of rotatable bonds is 12. The van der Waals surface area contributed by atoms with Crippen molar-refractivity contribution in [2.45, 2.75) is 43.4 Å². The van der Waals surface area contributed by atoms with Crippen molar-refractivity contribution in [3.05, 3.63) is 142 Å². The average Bonchev–Trinajstić information content (AvgIpc) is 3.57. The summed E-state index contributed by atoms with van der Waals surface area (Å²) in [5, 5.41) is 8.52. The molecular formula is C43H40N4O6S2. The molecule has 55 heavy (non-hydrogen) atoms. The minimum Gasteiger partial charge on any atom is -0.465 e. The van der Waals surface area contributed by atoms with E-state index in [1.54, 1.807) is 53.4 Å². The highest BCUT2D eigenvalue weighted by molar-refractivity contribution is 8.00. The molecule has 10 nitrogen and oxygen atoms in total. The van der Waals surface area contributed by atoms with Crippen LogP contribution in [-0.4, -0.2) is 53.4 Å². The third kappa shape index (κ3) is 9.58. The van der Waals surface area contributed by atoms with Crippen LogP contribution in [0.15, 0.2) is 120 Å². The molecule has 3 N–H and O–H groups in total. The van der Waals surface area contributed by atoms with E-state index in [0.717, 1.165) is 32.0 Å². The van der Waals surface area contributed by atoms with Gasteiger partial charge in [0.15, 0.2) is 0 Å². The predicted molar refractivity (Wildman–Crippen MR) is 218 cm³/mol. The lowest BCUT2D eigenvalue weighted by molar-refractivity contribution is -0.129. The van der Waals surface area contributed by atoms with E-state index >= 15 is 0 Å². The number of hydrogen-bond donors (Lipinski definition) is 3. The quantitative estimate of drug-likeness (QED) is 0.0665. The standard InChI is InChI=1S/C43H40N4O6S2/c1-4-36(41(51)46-42-38(43(52)53-3)34-22-23-47(27(2)48)26-37(34)55-42)54-33-17-11-16-32(25-33)44-40(50)35(45-39(49)31-14-9-6-10-15-31)24-28-18-20-30(21-19-28)29-12-7-5-8-13-29/h5-21,24-25,36H,4,22-23,26H2,1-3H3,(H,44,50)(H,45,49)(H,46,51)/b35-24+.